The van der Waals surface area contributed by atoms with Crippen LogP contribution in [-0.2, 0) is 0 Å². The highest BCUT2D eigenvalue weighted by Gasteiger charge is 2.15. The summed E-state index contributed by atoms with van der Waals surface area (Å²) in [5.74, 6) is 2.14. The normalized spacial score (nSPS) is 12.0. The molecule has 43 heavy (non-hydrogen) atoms. The Balaban J connectivity index is 1.31. The Kier molecular flexibility index (Phi) is 8.15. The number of nitrogens with zero attached hydrogens (tertiary/aromatic N) is 5. The molecule has 8 nitrogen and oxygen atoms in total. The van der Waals surface area contributed by atoms with Gasteiger partial charge in [-0.05, 0) is 79.1 Å². The van der Waals surface area contributed by atoms with Crippen LogP contribution in [0.4, 0.5) is 0 Å². The van der Waals surface area contributed by atoms with Crippen molar-refractivity contribution in [3.63, 3.8) is 0 Å². The molecule has 3 heterocycles. The third-order valence-electron chi connectivity index (χ3n) is 6.99. The second-order valence-electron chi connectivity index (χ2n) is 10.1. The van der Waals surface area contributed by atoms with E-state index in [0.717, 1.165) is 64.6 Å². The average molecular weight is 590 g/mol. The second-order valence-corrected chi connectivity index (χ2v) is 11.1. The van der Waals surface area contributed by atoms with Gasteiger partial charge in [0.2, 0.25) is 4.96 Å². The van der Waals surface area contributed by atoms with Crippen molar-refractivity contribution in [3.05, 3.63) is 116 Å². The van der Waals surface area contributed by atoms with Crippen LogP contribution in [0.15, 0.2) is 83.8 Å². The third-order valence-corrected chi connectivity index (χ3v) is 7.95. The summed E-state index contributed by atoms with van der Waals surface area (Å²) in [6.45, 7) is 4.86. The maximum atomic E-state index is 13.4. The minimum Gasteiger partial charge on any atom is -0.496 e. The molecular weight excluding hydrogens is 558 g/mol. The topological polar surface area (TPSA) is 83.5 Å². The molecule has 3 aromatic carbocycles. The molecule has 0 atom stereocenters. The number of ether oxygens (including phenoxy) is 2. The first kappa shape index (κ1) is 28.1. The summed E-state index contributed by atoms with van der Waals surface area (Å²) in [5, 5.41) is 9.36. The molecule has 6 rings (SSSR count). The van der Waals surface area contributed by atoms with Gasteiger partial charge in [-0.15, -0.1) is 5.10 Å². The molecule has 0 aliphatic carbocycles. The van der Waals surface area contributed by atoms with Crippen LogP contribution in [0.5, 0.6) is 11.5 Å². The smallest absolute Gasteiger partial charge is 0.291 e. The van der Waals surface area contributed by atoms with Crippen LogP contribution in [-0.4, -0.2) is 38.1 Å². The number of aromatic nitrogens is 5. The lowest BCUT2D eigenvalue weighted by Crippen LogP contribution is -2.23. The number of unbranched alkanes of at least 4 members (excludes halogenated alkanes) is 1. The highest BCUT2D eigenvalue weighted by molar-refractivity contribution is 7.15. The van der Waals surface area contributed by atoms with Gasteiger partial charge in [-0.2, -0.15) is 14.6 Å². The van der Waals surface area contributed by atoms with E-state index in [1.54, 1.807) is 7.11 Å². The minimum absolute atomic E-state index is 0.218. The van der Waals surface area contributed by atoms with E-state index in [2.05, 4.69) is 17.0 Å². The maximum absolute atomic E-state index is 13.4. The Morgan fingerprint density at radius 3 is 2.51 bits per heavy atom. The zero-order valence-electron chi connectivity index (χ0n) is 24.2. The average Bonchev–Trinajstić information content (AvgIpc) is 3.72. The fraction of sp³-hybridized carbons (Fsp3) is 0.176. The van der Waals surface area contributed by atoms with Gasteiger partial charge in [-0.25, -0.2) is 4.68 Å². The van der Waals surface area contributed by atoms with Crippen molar-refractivity contribution in [1.82, 2.24) is 24.4 Å². The van der Waals surface area contributed by atoms with Gasteiger partial charge < -0.3 is 9.47 Å². The number of thiazole rings is 1. The fourth-order valence-corrected chi connectivity index (χ4v) is 5.60. The van der Waals surface area contributed by atoms with E-state index in [1.165, 1.54) is 15.9 Å². The largest absolute Gasteiger partial charge is 0.496 e. The molecule has 0 saturated heterocycles. The zero-order valence-corrected chi connectivity index (χ0v) is 25.0. The van der Waals surface area contributed by atoms with Crippen LogP contribution in [0, 0.1) is 6.92 Å². The fourth-order valence-electron chi connectivity index (χ4n) is 4.70. The molecule has 0 fully saturated rings. The first-order valence-corrected chi connectivity index (χ1v) is 15.0. The zero-order chi connectivity index (χ0) is 29.8. The summed E-state index contributed by atoms with van der Waals surface area (Å²) in [6, 6.07) is 23.7. The first-order chi connectivity index (χ1) is 21.0. The predicted octanol–water partition coefficient (Wildman–Crippen LogP) is 6.22. The molecule has 216 valence electrons. The summed E-state index contributed by atoms with van der Waals surface area (Å²) in [7, 11) is 1.66. The van der Waals surface area contributed by atoms with E-state index in [9.17, 15) is 4.79 Å². The lowest BCUT2D eigenvalue weighted by atomic mass is 10.0. The number of para-hydroxylation sites is 1. The molecule has 0 unspecified atom stereocenters. The summed E-state index contributed by atoms with van der Waals surface area (Å²) >= 11 is 1.30. The van der Waals surface area contributed by atoms with Gasteiger partial charge in [0.05, 0.1) is 23.9 Å². The van der Waals surface area contributed by atoms with Crippen LogP contribution >= 0.6 is 11.3 Å². The Hall–Kier alpha value is -5.02. The van der Waals surface area contributed by atoms with Crippen LogP contribution in [0.1, 0.15) is 42.3 Å². The van der Waals surface area contributed by atoms with Gasteiger partial charge in [0.1, 0.15) is 17.2 Å². The molecule has 0 radical (unpaired) electrons. The summed E-state index contributed by atoms with van der Waals surface area (Å²) in [6.07, 6.45) is 9.67. The van der Waals surface area contributed by atoms with Crippen molar-refractivity contribution in [2.24, 2.45) is 0 Å². The monoisotopic (exact) mass is 589 g/mol. The van der Waals surface area contributed by atoms with Crippen molar-refractivity contribution in [1.29, 1.82) is 0 Å². The van der Waals surface area contributed by atoms with E-state index in [1.807, 2.05) is 109 Å². The molecule has 3 aromatic heterocycles. The second kappa shape index (κ2) is 12.5. The lowest BCUT2D eigenvalue weighted by Gasteiger charge is -2.06. The van der Waals surface area contributed by atoms with Gasteiger partial charge in [0.15, 0.2) is 5.82 Å². The molecule has 0 aliphatic heterocycles. The molecule has 0 spiro atoms. The van der Waals surface area contributed by atoms with Crippen molar-refractivity contribution >= 4 is 34.5 Å². The number of hydrogen-bond donors (Lipinski definition) is 0. The third kappa shape index (κ3) is 6.12. The van der Waals surface area contributed by atoms with E-state index in [-0.39, 0.29) is 5.56 Å². The first-order valence-electron chi connectivity index (χ1n) is 14.1. The molecule has 0 saturated carbocycles. The molecule has 0 aliphatic rings. The van der Waals surface area contributed by atoms with Crippen molar-refractivity contribution < 1.29 is 9.47 Å². The summed E-state index contributed by atoms with van der Waals surface area (Å²) in [5.41, 5.74) is 5.21. The van der Waals surface area contributed by atoms with E-state index >= 15 is 0 Å². The van der Waals surface area contributed by atoms with Gasteiger partial charge in [-0.1, -0.05) is 61.1 Å². The van der Waals surface area contributed by atoms with Crippen molar-refractivity contribution in [2.45, 2.75) is 26.7 Å². The molecule has 0 bridgehead atoms. The SMILES string of the molecule is CCCCOc1ccc(/C=C/c2nc3s/c(=C\c4cn(-c5ccccc5)nc4-c4ccc(OC)c(C)c4)c(=O)n3n2)cc1. The lowest BCUT2D eigenvalue weighted by molar-refractivity contribution is 0.309. The number of aryl methyl sites for hydroxylation is 1. The van der Waals surface area contributed by atoms with Gasteiger partial charge >= 0.3 is 0 Å². The quantitative estimate of drug-likeness (QED) is 0.177. The van der Waals surface area contributed by atoms with Crippen LogP contribution < -0.4 is 19.6 Å². The predicted molar refractivity (Wildman–Crippen MR) is 172 cm³/mol. The Bertz CT molecular complexity index is 2010. The standard InChI is InChI=1S/C34H31N5O3S/c1-4-5-19-42-28-15-11-24(12-16-28)13-18-31-35-34-39(36-31)33(40)30(43-34)21-26-22-38(27-9-7-6-8-10-27)37-32(26)25-14-17-29(41-3)23(2)20-25/h6-18,20-22H,4-5,19H2,1-3H3/b18-13+,30-21-. The van der Waals surface area contributed by atoms with Gasteiger partial charge in [0.25, 0.3) is 5.56 Å². The number of benzene rings is 3. The highest BCUT2D eigenvalue weighted by Crippen LogP contribution is 2.29. The Labute approximate surface area is 253 Å². The molecule has 0 N–H and O–H groups in total. The molecule has 0 amide bonds. The molecular formula is C34H31N5O3S. The summed E-state index contributed by atoms with van der Waals surface area (Å²) in [4.78, 5) is 18.5. The highest BCUT2D eigenvalue weighted by atomic mass is 32.1. The summed E-state index contributed by atoms with van der Waals surface area (Å²) < 4.78 is 14.9. The maximum Gasteiger partial charge on any atom is 0.291 e. The van der Waals surface area contributed by atoms with Crippen molar-refractivity contribution in [2.75, 3.05) is 13.7 Å². The van der Waals surface area contributed by atoms with Gasteiger partial charge in [-0.3, -0.25) is 4.79 Å². The van der Waals surface area contributed by atoms with E-state index < -0.39 is 0 Å². The Morgan fingerprint density at radius 1 is 0.977 bits per heavy atom. The number of rotatable bonds is 10. The van der Waals surface area contributed by atoms with E-state index in [4.69, 9.17) is 14.6 Å². The number of methoxy groups -OCH3 is 1. The number of fused-ring (bicyclic) bond motifs is 1. The Morgan fingerprint density at radius 2 is 1.79 bits per heavy atom. The van der Waals surface area contributed by atoms with Gasteiger partial charge in [0, 0.05) is 17.3 Å². The van der Waals surface area contributed by atoms with Crippen LogP contribution in [0.2, 0.25) is 0 Å². The van der Waals surface area contributed by atoms with Crippen LogP contribution in [0.3, 0.4) is 0 Å². The molecule has 6 aromatic rings. The minimum atomic E-state index is -0.218. The van der Waals surface area contributed by atoms with Crippen molar-refractivity contribution in [3.8, 4) is 28.4 Å². The molecule has 9 heteroatoms. The van der Waals surface area contributed by atoms with E-state index in [0.29, 0.717) is 15.3 Å². The number of hydrogen-bond acceptors (Lipinski definition) is 7. The van der Waals surface area contributed by atoms with Crippen LogP contribution in [0.25, 0.3) is 40.1 Å².